The minimum atomic E-state index is -0.211. The molecule has 0 fully saturated rings. The van der Waals surface area contributed by atoms with E-state index in [1.165, 1.54) is 6.20 Å². The third-order valence-corrected chi connectivity index (χ3v) is 6.41. The fraction of sp³-hybridized carbons (Fsp3) is 0.156. The van der Waals surface area contributed by atoms with Crippen molar-refractivity contribution >= 4 is 22.9 Å². The van der Waals surface area contributed by atoms with Crippen LogP contribution in [0.15, 0.2) is 115 Å². The SMILES string of the molecule is CCC(N=C(/C=C\N)c1ccc2c(c1)N(Cc1ccncc1)C(=N)CO2)Nc1cccc(Oc2ccccc2)c1. The molecule has 8 nitrogen and oxygen atoms in total. The fourth-order valence-corrected chi connectivity index (χ4v) is 4.40. The van der Waals surface area contributed by atoms with Gasteiger partial charge in [-0.1, -0.05) is 31.2 Å². The number of rotatable bonds is 10. The van der Waals surface area contributed by atoms with Crippen LogP contribution in [0, 0.1) is 5.41 Å². The maximum absolute atomic E-state index is 8.54. The number of aliphatic imine (C=N–C) groups is 1. The first-order valence-electron chi connectivity index (χ1n) is 13.2. The van der Waals surface area contributed by atoms with E-state index in [0.717, 1.165) is 51.9 Å². The van der Waals surface area contributed by atoms with Crippen molar-refractivity contribution in [3.05, 3.63) is 121 Å². The molecule has 3 aromatic carbocycles. The summed E-state index contributed by atoms with van der Waals surface area (Å²) in [6.45, 7) is 2.84. The number of nitrogens with one attached hydrogen (secondary N) is 2. The summed E-state index contributed by atoms with van der Waals surface area (Å²) in [4.78, 5) is 11.1. The monoisotopic (exact) mass is 532 g/mol. The summed E-state index contributed by atoms with van der Waals surface area (Å²) in [6.07, 6.45) is 7.34. The molecular formula is C32H32N6O2. The molecule has 5 rings (SSSR count). The number of pyridine rings is 1. The van der Waals surface area contributed by atoms with E-state index in [0.29, 0.717) is 12.4 Å². The molecule has 4 aromatic rings. The van der Waals surface area contributed by atoms with Gasteiger partial charge < -0.3 is 25.4 Å². The topological polar surface area (TPSA) is 109 Å². The van der Waals surface area contributed by atoms with Gasteiger partial charge in [-0.15, -0.1) is 0 Å². The molecule has 1 aromatic heterocycles. The van der Waals surface area contributed by atoms with Gasteiger partial charge in [-0.25, -0.2) is 0 Å². The zero-order valence-electron chi connectivity index (χ0n) is 22.3. The number of allylic oxidation sites excluding steroid dienone is 1. The molecule has 0 saturated carbocycles. The van der Waals surface area contributed by atoms with Crippen molar-refractivity contribution in [1.29, 1.82) is 5.41 Å². The first kappa shape index (κ1) is 26.5. The molecule has 0 aliphatic carbocycles. The Morgan fingerprint density at radius 2 is 1.88 bits per heavy atom. The van der Waals surface area contributed by atoms with Crippen LogP contribution < -0.4 is 25.4 Å². The number of hydrogen-bond acceptors (Lipinski definition) is 7. The summed E-state index contributed by atoms with van der Waals surface area (Å²) < 4.78 is 11.8. The highest BCUT2D eigenvalue weighted by Crippen LogP contribution is 2.34. The number of para-hydroxylation sites is 1. The summed E-state index contributed by atoms with van der Waals surface area (Å²) in [5, 5.41) is 12.0. The Morgan fingerprint density at radius 3 is 2.65 bits per heavy atom. The summed E-state index contributed by atoms with van der Waals surface area (Å²) in [5.74, 6) is 2.64. The highest BCUT2D eigenvalue weighted by Gasteiger charge is 2.24. The van der Waals surface area contributed by atoms with Gasteiger partial charge in [0, 0.05) is 36.3 Å². The quantitative estimate of drug-likeness (QED) is 0.205. The number of ether oxygens (including phenoxy) is 2. The van der Waals surface area contributed by atoms with Crippen molar-refractivity contribution in [2.45, 2.75) is 26.1 Å². The van der Waals surface area contributed by atoms with Crippen molar-refractivity contribution < 1.29 is 9.47 Å². The van der Waals surface area contributed by atoms with Gasteiger partial charge in [0.05, 0.1) is 11.4 Å². The lowest BCUT2D eigenvalue weighted by Gasteiger charge is -2.32. The zero-order chi connectivity index (χ0) is 27.7. The van der Waals surface area contributed by atoms with E-state index < -0.39 is 0 Å². The smallest absolute Gasteiger partial charge is 0.146 e. The van der Waals surface area contributed by atoms with E-state index in [9.17, 15) is 0 Å². The van der Waals surface area contributed by atoms with Gasteiger partial charge in [-0.05, 0) is 78.9 Å². The number of aromatic nitrogens is 1. The molecule has 1 aliphatic rings. The van der Waals surface area contributed by atoms with Crippen LogP contribution in [0.3, 0.4) is 0 Å². The summed E-state index contributed by atoms with van der Waals surface area (Å²) >= 11 is 0. The number of nitrogens with two attached hydrogens (primary N) is 1. The number of nitrogens with zero attached hydrogens (tertiary/aromatic N) is 3. The molecule has 4 N–H and O–H groups in total. The Hall–Kier alpha value is -5.11. The second kappa shape index (κ2) is 12.6. The van der Waals surface area contributed by atoms with Crippen molar-refractivity contribution in [3.63, 3.8) is 0 Å². The number of fused-ring (bicyclic) bond motifs is 1. The summed E-state index contributed by atoms with van der Waals surface area (Å²) in [6, 6.07) is 27.3. The van der Waals surface area contributed by atoms with Crippen LogP contribution in [-0.4, -0.2) is 29.3 Å². The van der Waals surface area contributed by atoms with E-state index in [1.807, 2.05) is 89.8 Å². The molecule has 1 unspecified atom stereocenters. The van der Waals surface area contributed by atoms with E-state index in [2.05, 4.69) is 17.2 Å². The minimum absolute atomic E-state index is 0.211. The van der Waals surface area contributed by atoms with Gasteiger partial charge in [0.15, 0.2) is 0 Å². The molecule has 0 radical (unpaired) electrons. The Labute approximate surface area is 234 Å². The second-order valence-corrected chi connectivity index (χ2v) is 9.24. The largest absolute Gasteiger partial charge is 0.484 e. The lowest BCUT2D eigenvalue weighted by molar-refractivity contribution is 0.364. The van der Waals surface area contributed by atoms with E-state index in [1.54, 1.807) is 18.5 Å². The lowest BCUT2D eigenvalue weighted by atomic mass is 10.1. The Kier molecular flexibility index (Phi) is 8.36. The van der Waals surface area contributed by atoms with Crippen LogP contribution in [-0.2, 0) is 6.54 Å². The average molecular weight is 533 g/mol. The molecule has 2 heterocycles. The first-order chi connectivity index (χ1) is 19.6. The third kappa shape index (κ3) is 6.47. The van der Waals surface area contributed by atoms with Gasteiger partial charge in [0.2, 0.25) is 0 Å². The van der Waals surface area contributed by atoms with Gasteiger partial charge in [-0.3, -0.25) is 15.4 Å². The normalized spacial score (nSPS) is 14.0. The molecule has 0 saturated heterocycles. The van der Waals surface area contributed by atoms with E-state index in [-0.39, 0.29) is 12.8 Å². The molecule has 202 valence electrons. The van der Waals surface area contributed by atoms with Crippen LogP contribution in [0.2, 0.25) is 0 Å². The fourth-order valence-electron chi connectivity index (χ4n) is 4.40. The standard InChI is InChI=1S/C32H32N6O2/c1-2-32(36-25-7-6-10-27(20-25)40-26-8-4-3-5-9-26)37-28(13-16-33)24-11-12-30-29(19-24)38(31(34)22-39-30)21-23-14-17-35-18-15-23/h3-20,32,34,36H,2,21-22,33H2,1H3/b16-13-,34-31?,37-28?. The van der Waals surface area contributed by atoms with E-state index in [4.69, 9.17) is 25.6 Å². The van der Waals surface area contributed by atoms with Crippen LogP contribution in [0.25, 0.3) is 0 Å². The molecular weight excluding hydrogens is 500 g/mol. The Balaban J connectivity index is 1.40. The summed E-state index contributed by atoms with van der Waals surface area (Å²) in [5.41, 5.74) is 10.2. The van der Waals surface area contributed by atoms with Gasteiger partial charge in [-0.2, -0.15) is 0 Å². The first-order valence-corrected chi connectivity index (χ1v) is 13.2. The molecule has 1 atom stereocenters. The number of anilines is 2. The van der Waals surface area contributed by atoms with Gasteiger partial charge >= 0.3 is 0 Å². The van der Waals surface area contributed by atoms with Gasteiger partial charge in [0.25, 0.3) is 0 Å². The van der Waals surface area contributed by atoms with Crippen molar-refractivity contribution in [1.82, 2.24) is 4.98 Å². The van der Waals surface area contributed by atoms with Crippen LogP contribution in [0.5, 0.6) is 17.2 Å². The molecule has 0 spiro atoms. The van der Waals surface area contributed by atoms with Crippen LogP contribution >= 0.6 is 0 Å². The van der Waals surface area contributed by atoms with E-state index >= 15 is 0 Å². The maximum Gasteiger partial charge on any atom is 0.146 e. The zero-order valence-corrected chi connectivity index (χ0v) is 22.3. The Morgan fingerprint density at radius 1 is 1.07 bits per heavy atom. The van der Waals surface area contributed by atoms with Crippen molar-refractivity contribution in [3.8, 4) is 17.2 Å². The molecule has 0 amide bonds. The highest BCUT2D eigenvalue weighted by atomic mass is 16.5. The molecule has 1 aliphatic heterocycles. The van der Waals surface area contributed by atoms with Crippen LogP contribution in [0.4, 0.5) is 11.4 Å². The van der Waals surface area contributed by atoms with Crippen LogP contribution in [0.1, 0.15) is 24.5 Å². The Bertz CT molecular complexity index is 1500. The molecule has 0 bridgehead atoms. The highest BCUT2D eigenvalue weighted by molar-refractivity contribution is 6.10. The average Bonchev–Trinajstić information content (AvgIpc) is 2.99. The summed E-state index contributed by atoms with van der Waals surface area (Å²) in [7, 11) is 0. The second-order valence-electron chi connectivity index (χ2n) is 9.24. The molecule has 8 heteroatoms. The van der Waals surface area contributed by atoms with Gasteiger partial charge in [0.1, 0.15) is 35.9 Å². The maximum atomic E-state index is 8.54. The number of amidine groups is 1. The minimum Gasteiger partial charge on any atom is -0.484 e. The van der Waals surface area contributed by atoms with Crippen molar-refractivity contribution in [2.24, 2.45) is 10.7 Å². The van der Waals surface area contributed by atoms with Crippen molar-refractivity contribution in [2.75, 3.05) is 16.8 Å². The number of benzene rings is 3. The third-order valence-electron chi connectivity index (χ3n) is 6.41. The predicted molar refractivity (Wildman–Crippen MR) is 161 cm³/mol. The lowest BCUT2D eigenvalue weighted by Crippen LogP contribution is -2.37. The molecule has 40 heavy (non-hydrogen) atoms. The predicted octanol–water partition coefficient (Wildman–Crippen LogP) is 6.36. The number of hydrogen-bond donors (Lipinski definition) is 3.